The number of rotatable bonds is 0. The number of hydrogen-bond acceptors (Lipinski definition) is 1. The Bertz CT molecular complexity index is 276. The minimum Gasteiger partial charge on any atom is -0.388 e. The summed E-state index contributed by atoms with van der Waals surface area (Å²) in [5.74, 6) is 0. The number of aliphatic hydroxyl groups is 1. The molecule has 64 valence electrons. The molecule has 2 rings (SSSR count). The van der Waals surface area contributed by atoms with E-state index in [4.69, 9.17) is 0 Å². The quantitative estimate of drug-likeness (QED) is 0.582. The Hall–Kier alpha value is -0.890. The second-order valence-corrected chi connectivity index (χ2v) is 3.21. The lowest BCUT2D eigenvalue weighted by atomic mass is 9.88. The Morgan fingerprint density at radius 3 is 3.08 bits per heavy atom. The third-order valence-corrected chi connectivity index (χ3v) is 2.31. The second kappa shape index (κ2) is 2.87. The summed E-state index contributed by atoms with van der Waals surface area (Å²) < 4.78 is 12.8. The molecule has 1 nitrogen and oxygen atoms in total. The highest BCUT2D eigenvalue weighted by atomic mass is 19.1. The molecule has 0 bridgehead atoms. The molecular weight excluding hydrogens is 155 g/mol. The maximum Gasteiger partial charge on any atom is 0.123 e. The number of alkyl halides is 1. The summed E-state index contributed by atoms with van der Waals surface area (Å²) in [5.41, 5.74) is 1.84. The highest BCUT2D eigenvalue weighted by molar-refractivity contribution is 5.42. The van der Waals surface area contributed by atoms with E-state index in [1.165, 1.54) is 6.08 Å². The Morgan fingerprint density at radius 1 is 1.42 bits per heavy atom. The Balaban J connectivity index is 2.32. The summed E-state index contributed by atoms with van der Waals surface area (Å²) in [6.45, 7) is 0. The molecule has 2 heteroatoms. The molecule has 1 N–H and O–H groups in total. The lowest BCUT2D eigenvalue weighted by Crippen LogP contribution is -2.17. The van der Waals surface area contributed by atoms with Gasteiger partial charge in [0.05, 0.1) is 6.10 Å². The second-order valence-electron chi connectivity index (χ2n) is 3.21. The van der Waals surface area contributed by atoms with E-state index in [1.807, 2.05) is 12.2 Å². The minimum absolute atomic E-state index is 0.416. The lowest BCUT2D eigenvalue weighted by Gasteiger charge is -2.22. The van der Waals surface area contributed by atoms with Gasteiger partial charge in [-0.1, -0.05) is 18.2 Å². The van der Waals surface area contributed by atoms with Crippen LogP contribution < -0.4 is 0 Å². The largest absolute Gasteiger partial charge is 0.388 e. The van der Waals surface area contributed by atoms with E-state index in [1.54, 1.807) is 6.08 Å². The van der Waals surface area contributed by atoms with Crippen molar-refractivity contribution >= 4 is 0 Å². The molecule has 2 aliphatic rings. The molecule has 0 heterocycles. The predicted octanol–water partition coefficient (Wildman–Crippen LogP) is 1.90. The molecule has 0 aromatic rings. The molecule has 2 unspecified atom stereocenters. The molecule has 2 aliphatic carbocycles. The normalized spacial score (nSPS) is 33.8. The SMILES string of the molecule is OC1CC=CC2=C1C=CC(F)C2. The number of hydrogen-bond donors (Lipinski definition) is 1. The average molecular weight is 166 g/mol. The maximum absolute atomic E-state index is 12.8. The third-order valence-electron chi connectivity index (χ3n) is 2.31. The summed E-state index contributed by atoms with van der Waals surface area (Å²) in [6, 6.07) is 0. The van der Waals surface area contributed by atoms with Crippen LogP contribution in [0.25, 0.3) is 0 Å². The van der Waals surface area contributed by atoms with Crippen LogP contribution in [0.15, 0.2) is 35.5 Å². The first-order valence-corrected chi connectivity index (χ1v) is 4.17. The van der Waals surface area contributed by atoms with Crippen LogP contribution in [-0.4, -0.2) is 17.4 Å². The molecule has 0 aliphatic heterocycles. The molecular formula is C10H11FO. The summed E-state index contributed by atoms with van der Waals surface area (Å²) in [5, 5.41) is 9.51. The number of halogens is 1. The first-order chi connectivity index (χ1) is 5.77. The fraction of sp³-hybridized carbons (Fsp3) is 0.400. The van der Waals surface area contributed by atoms with Crippen LogP contribution in [0.3, 0.4) is 0 Å². The maximum atomic E-state index is 12.8. The van der Waals surface area contributed by atoms with Crippen molar-refractivity contribution in [2.75, 3.05) is 0 Å². The zero-order chi connectivity index (χ0) is 8.55. The van der Waals surface area contributed by atoms with Crippen molar-refractivity contribution in [2.45, 2.75) is 25.1 Å². The van der Waals surface area contributed by atoms with Gasteiger partial charge in [-0.2, -0.15) is 0 Å². The van der Waals surface area contributed by atoms with E-state index >= 15 is 0 Å². The van der Waals surface area contributed by atoms with E-state index in [9.17, 15) is 9.50 Å². The Labute approximate surface area is 70.9 Å². The van der Waals surface area contributed by atoms with Crippen molar-refractivity contribution in [2.24, 2.45) is 0 Å². The van der Waals surface area contributed by atoms with Crippen LogP contribution in [-0.2, 0) is 0 Å². The topological polar surface area (TPSA) is 20.2 Å². The van der Waals surface area contributed by atoms with Gasteiger partial charge in [0.1, 0.15) is 6.17 Å². The van der Waals surface area contributed by atoms with Crippen LogP contribution >= 0.6 is 0 Å². The summed E-state index contributed by atoms with van der Waals surface area (Å²) in [6.07, 6.45) is 6.80. The van der Waals surface area contributed by atoms with Gasteiger partial charge in [0.25, 0.3) is 0 Å². The van der Waals surface area contributed by atoms with E-state index in [0.717, 1.165) is 11.1 Å². The van der Waals surface area contributed by atoms with Gasteiger partial charge in [0.15, 0.2) is 0 Å². The smallest absolute Gasteiger partial charge is 0.123 e. The summed E-state index contributed by atoms with van der Waals surface area (Å²) >= 11 is 0. The molecule has 0 saturated heterocycles. The van der Waals surface area contributed by atoms with Crippen molar-refractivity contribution < 1.29 is 9.50 Å². The number of aliphatic hydroxyl groups excluding tert-OH is 1. The molecule has 0 aromatic carbocycles. The van der Waals surface area contributed by atoms with Crippen LogP contribution in [0.1, 0.15) is 12.8 Å². The van der Waals surface area contributed by atoms with Crippen molar-refractivity contribution in [1.82, 2.24) is 0 Å². The molecule has 12 heavy (non-hydrogen) atoms. The van der Waals surface area contributed by atoms with Gasteiger partial charge in [-0.3, -0.25) is 0 Å². The van der Waals surface area contributed by atoms with Crippen molar-refractivity contribution in [1.29, 1.82) is 0 Å². The molecule has 0 radical (unpaired) electrons. The molecule has 0 amide bonds. The van der Waals surface area contributed by atoms with E-state index < -0.39 is 12.3 Å². The highest BCUT2D eigenvalue weighted by Gasteiger charge is 2.20. The van der Waals surface area contributed by atoms with Crippen molar-refractivity contribution in [3.05, 3.63) is 35.5 Å². The summed E-state index contributed by atoms with van der Waals surface area (Å²) in [7, 11) is 0. The fourth-order valence-electron chi connectivity index (χ4n) is 1.67. The molecule has 0 aromatic heterocycles. The molecule has 2 atom stereocenters. The lowest BCUT2D eigenvalue weighted by molar-refractivity contribution is 0.213. The first-order valence-electron chi connectivity index (χ1n) is 4.17. The first kappa shape index (κ1) is 7.74. The van der Waals surface area contributed by atoms with Crippen LogP contribution in [0.2, 0.25) is 0 Å². The highest BCUT2D eigenvalue weighted by Crippen LogP contribution is 2.28. The monoisotopic (exact) mass is 166 g/mol. The van der Waals surface area contributed by atoms with Crippen LogP contribution in [0.4, 0.5) is 4.39 Å². The van der Waals surface area contributed by atoms with E-state index in [2.05, 4.69) is 0 Å². The average Bonchev–Trinajstić information content (AvgIpc) is 2.04. The third kappa shape index (κ3) is 1.23. The van der Waals surface area contributed by atoms with Crippen molar-refractivity contribution in [3.8, 4) is 0 Å². The van der Waals surface area contributed by atoms with Crippen molar-refractivity contribution in [3.63, 3.8) is 0 Å². The summed E-state index contributed by atoms with van der Waals surface area (Å²) in [4.78, 5) is 0. The molecule has 0 saturated carbocycles. The van der Waals surface area contributed by atoms with Gasteiger partial charge >= 0.3 is 0 Å². The van der Waals surface area contributed by atoms with Gasteiger partial charge in [-0.25, -0.2) is 4.39 Å². The Kier molecular flexibility index (Phi) is 1.85. The zero-order valence-electron chi connectivity index (χ0n) is 6.70. The van der Waals surface area contributed by atoms with Gasteiger partial charge in [-0.15, -0.1) is 0 Å². The zero-order valence-corrected chi connectivity index (χ0v) is 6.70. The van der Waals surface area contributed by atoms with Gasteiger partial charge in [0, 0.05) is 6.42 Å². The minimum atomic E-state index is -0.876. The van der Waals surface area contributed by atoms with Gasteiger partial charge in [0.2, 0.25) is 0 Å². The number of allylic oxidation sites excluding steroid dienone is 3. The fourth-order valence-corrected chi connectivity index (χ4v) is 1.67. The van der Waals surface area contributed by atoms with E-state index in [0.29, 0.717) is 12.8 Å². The van der Waals surface area contributed by atoms with Crippen LogP contribution in [0.5, 0.6) is 0 Å². The molecule has 0 fully saturated rings. The van der Waals surface area contributed by atoms with Crippen LogP contribution in [0, 0.1) is 0 Å². The predicted molar refractivity (Wildman–Crippen MR) is 45.4 cm³/mol. The Morgan fingerprint density at radius 2 is 2.25 bits per heavy atom. The van der Waals surface area contributed by atoms with Gasteiger partial charge in [-0.05, 0) is 23.6 Å². The standard InChI is InChI=1S/C10H11FO/c11-8-4-5-9-7(6-8)2-1-3-10(9)12/h1-2,4-5,8,10,12H,3,6H2. The van der Waals surface area contributed by atoms with Gasteiger partial charge < -0.3 is 5.11 Å². The van der Waals surface area contributed by atoms with E-state index in [-0.39, 0.29) is 0 Å². The molecule has 0 spiro atoms.